The summed E-state index contributed by atoms with van der Waals surface area (Å²) in [5, 5.41) is 4.44. The first-order valence-corrected chi connectivity index (χ1v) is 7.77. The Balaban J connectivity index is 1.89. The minimum Gasteiger partial charge on any atom is -0.340 e. The van der Waals surface area contributed by atoms with Crippen molar-refractivity contribution in [2.24, 2.45) is 5.92 Å². The number of aryl methyl sites for hydroxylation is 1. The fourth-order valence-electron chi connectivity index (χ4n) is 2.43. The SMILES string of the molecule is CC(CCc1cccc(Cl)c1Cl)C(=O)N1CCNCC1. The normalized spacial score (nSPS) is 17.1. The second-order valence-corrected chi connectivity index (χ2v) is 6.01. The number of amides is 1. The summed E-state index contributed by atoms with van der Waals surface area (Å²) in [4.78, 5) is 14.3. The molecule has 2 rings (SSSR count). The number of carbonyl (C=O) groups excluding carboxylic acids is 1. The van der Waals surface area contributed by atoms with Gasteiger partial charge in [0, 0.05) is 32.1 Å². The van der Waals surface area contributed by atoms with Gasteiger partial charge < -0.3 is 10.2 Å². The Morgan fingerprint density at radius 2 is 2.05 bits per heavy atom. The third kappa shape index (κ3) is 3.87. The van der Waals surface area contributed by atoms with Gasteiger partial charge >= 0.3 is 0 Å². The molecule has 1 saturated heterocycles. The largest absolute Gasteiger partial charge is 0.340 e. The van der Waals surface area contributed by atoms with Crippen molar-refractivity contribution in [3.05, 3.63) is 33.8 Å². The van der Waals surface area contributed by atoms with Crippen LogP contribution in [0.1, 0.15) is 18.9 Å². The summed E-state index contributed by atoms with van der Waals surface area (Å²) >= 11 is 12.2. The standard InChI is InChI=1S/C15H20Cl2N2O/c1-11(15(20)19-9-7-18-8-10-19)5-6-12-3-2-4-13(16)14(12)17/h2-4,11,18H,5-10H2,1H3. The monoisotopic (exact) mass is 314 g/mol. The maximum Gasteiger partial charge on any atom is 0.225 e. The second kappa shape index (κ2) is 7.30. The molecule has 1 aliphatic heterocycles. The predicted molar refractivity (Wildman–Crippen MR) is 83.4 cm³/mol. The van der Waals surface area contributed by atoms with Crippen LogP contribution in [0.3, 0.4) is 0 Å². The molecule has 1 aromatic rings. The van der Waals surface area contributed by atoms with E-state index in [0.29, 0.717) is 10.0 Å². The molecule has 1 aliphatic rings. The molecule has 0 aliphatic carbocycles. The molecule has 1 fully saturated rings. The molecular weight excluding hydrogens is 295 g/mol. The van der Waals surface area contributed by atoms with E-state index >= 15 is 0 Å². The summed E-state index contributed by atoms with van der Waals surface area (Å²) in [6, 6.07) is 5.64. The summed E-state index contributed by atoms with van der Waals surface area (Å²) in [7, 11) is 0. The number of rotatable bonds is 4. The lowest BCUT2D eigenvalue weighted by atomic mass is 9.99. The Labute approximate surface area is 130 Å². The van der Waals surface area contributed by atoms with Crippen LogP contribution in [0, 0.1) is 5.92 Å². The Kier molecular flexibility index (Phi) is 5.70. The van der Waals surface area contributed by atoms with E-state index in [1.807, 2.05) is 24.0 Å². The number of hydrogen-bond acceptors (Lipinski definition) is 2. The van der Waals surface area contributed by atoms with Crippen LogP contribution in [0.2, 0.25) is 10.0 Å². The van der Waals surface area contributed by atoms with Gasteiger partial charge in [0.15, 0.2) is 0 Å². The zero-order chi connectivity index (χ0) is 14.5. The fourth-order valence-corrected chi connectivity index (χ4v) is 2.85. The molecule has 1 atom stereocenters. The number of nitrogens with one attached hydrogen (secondary N) is 1. The fraction of sp³-hybridized carbons (Fsp3) is 0.533. The van der Waals surface area contributed by atoms with Crippen LogP contribution < -0.4 is 5.32 Å². The van der Waals surface area contributed by atoms with Crippen LogP contribution in [-0.4, -0.2) is 37.0 Å². The Morgan fingerprint density at radius 3 is 2.75 bits per heavy atom. The molecule has 1 N–H and O–H groups in total. The highest BCUT2D eigenvalue weighted by Crippen LogP contribution is 2.27. The first-order valence-electron chi connectivity index (χ1n) is 7.02. The average molecular weight is 315 g/mol. The molecule has 0 saturated carbocycles. The van der Waals surface area contributed by atoms with Crippen LogP contribution in [0.25, 0.3) is 0 Å². The van der Waals surface area contributed by atoms with E-state index in [1.165, 1.54) is 0 Å². The second-order valence-electron chi connectivity index (χ2n) is 5.23. The molecule has 1 amide bonds. The highest BCUT2D eigenvalue weighted by Gasteiger charge is 2.21. The first-order chi connectivity index (χ1) is 9.59. The van der Waals surface area contributed by atoms with Crippen LogP contribution in [0.15, 0.2) is 18.2 Å². The Bertz CT molecular complexity index is 473. The molecule has 1 unspecified atom stereocenters. The molecule has 0 radical (unpaired) electrons. The molecule has 1 aromatic carbocycles. The van der Waals surface area contributed by atoms with Gasteiger partial charge in [0.2, 0.25) is 5.91 Å². The molecule has 5 heteroatoms. The van der Waals surface area contributed by atoms with Crippen molar-refractivity contribution in [3.8, 4) is 0 Å². The lowest BCUT2D eigenvalue weighted by Gasteiger charge is -2.29. The number of nitrogens with zero attached hydrogens (tertiary/aromatic N) is 1. The topological polar surface area (TPSA) is 32.3 Å². The molecule has 0 aromatic heterocycles. The van der Waals surface area contributed by atoms with Gasteiger partial charge in [0.05, 0.1) is 10.0 Å². The molecule has 3 nitrogen and oxygen atoms in total. The number of carbonyl (C=O) groups is 1. The smallest absolute Gasteiger partial charge is 0.225 e. The third-order valence-electron chi connectivity index (χ3n) is 3.73. The van der Waals surface area contributed by atoms with Gasteiger partial charge in [-0.3, -0.25) is 4.79 Å². The van der Waals surface area contributed by atoms with Gasteiger partial charge in [0.1, 0.15) is 0 Å². The summed E-state index contributed by atoms with van der Waals surface area (Å²) in [6.07, 6.45) is 1.57. The maximum absolute atomic E-state index is 12.3. The minimum atomic E-state index is 0.0168. The Hall–Kier alpha value is -0.770. The van der Waals surface area contributed by atoms with Crippen molar-refractivity contribution in [2.45, 2.75) is 19.8 Å². The highest BCUT2D eigenvalue weighted by atomic mass is 35.5. The van der Waals surface area contributed by atoms with E-state index in [0.717, 1.165) is 44.6 Å². The lowest BCUT2D eigenvalue weighted by Crippen LogP contribution is -2.48. The van der Waals surface area contributed by atoms with Crippen molar-refractivity contribution in [2.75, 3.05) is 26.2 Å². The van der Waals surface area contributed by atoms with E-state index in [1.54, 1.807) is 6.07 Å². The number of halogens is 2. The van der Waals surface area contributed by atoms with Gasteiger partial charge in [-0.25, -0.2) is 0 Å². The summed E-state index contributed by atoms with van der Waals surface area (Å²) in [6.45, 7) is 5.38. The van der Waals surface area contributed by atoms with Crippen LogP contribution in [0.5, 0.6) is 0 Å². The van der Waals surface area contributed by atoms with E-state index in [-0.39, 0.29) is 11.8 Å². The summed E-state index contributed by atoms with van der Waals surface area (Å²) in [5.41, 5.74) is 1.01. The molecule has 20 heavy (non-hydrogen) atoms. The van der Waals surface area contributed by atoms with Gasteiger partial charge in [-0.15, -0.1) is 0 Å². The van der Waals surface area contributed by atoms with Gasteiger partial charge in [0.25, 0.3) is 0 Å². The zero-order valence-corrected chi connectivity index (χ0v) is 13.2. The van der Waals surface area contributed by atoms with E-state index < -0.39 is 0 Å². The predicted octanol–water partition coefficient (Wildman–Crippen LogP) is 2.99. The van der Waals surface area contributed by atoms with Gasteiger partial charge in [-0.1, -0.05) is 42.3 Å². The maximum atomic E-state index is 12.3. The van der Waals surface area contributed by atoms with Crippen molar-refractivity contribution >= 4 is 29.1 Å². The Morgan fingerprint density at radius 1 is 1.35 bits per heavy atom. The van der Waals surface area contributed by atoms with Crippen LogP contribution >= 0.6 is 23.2 Å². The molecule has 1 heterocycles. The minimum absolute atomic E-state index is 0.0168. The van der Waals surface area contributed by atoms with Gasteiger partial charge in [-0.2, -0.15) is 0 Å². The third-order valence-corrected chi connectivity index (χ3v) is 4.59. The lowest BCUT2D eigenvalue weighted by molar-refractivity contribution is -0.135. The van der Waals surface area contributed by atoms with Gasteiger partial charge in [-0.05, 0) is 24.5 Å². The number of benzene rings is 1. The van der Waals surface area contributed by atoms with Crippen molar-refractivity contribution in [1.82, 2.24) is 10.2 Å². The van der Waals surface area contributed by atoms with Crippen LogP contribution in [0.4, 0.5) is 0 Å². The highest BCUT2D eigenvalue weighted by molar-refractivity contribution is 6.42. The van der Waals surface area contributed by atoms with Crippen molar-refractivity contribution in [3.63, 3.8) is 0 Å². The molecular formula is C15H20Cl2N2O. The average Bonchev–Trinajstić information content (AvgIpc) is 2.48. The van der Waals surface area contributed by atoms with E-state index in [2.05, 4.69) is 5.32 Å². The summed E-state index contributed by atoms with van der Waals surface area (Å²) < 4.78 is 0. The van der Waals surface area contributed by atoms with E-state index in [4.69, 9.17) is 23.2 Å². The molecule has 0 bridgehead atoms. The van der Waals surface area contributed by atoms with E-state index in [9.17, 15) is 4.79 Å². The first kappa shape index (κ1) is 15.6. The number of piperazine rings is 1. The molecule has 0 spiro atoms. The number of hydrogen-bond donors (Lipinski definition) is 1. The van der Waals surface area contributed by atoms with Crippen molar-refractivity contribution in [1.29, 1.82) is 0 Å². The zero-order valence-electron chi connectivity index (χ0n) is 11.7. The van der Waals surface area contributed by atoms with Crippen molar-refractivity contribution < 1.29 is 4.79 Å². The summed E-state index contributed by atoms with van der Waals surface area (Å²) in [5.74, 6) is 0.257. The quantitative estimate of drug-likeness (QED) is 0.926. The molecule has 110 valence electrons. The van der Waals surface area contributed by atoms with Crippen LogP contribution in [-0.2, 0) is 11.2 Å².